The fourth-order valence-corrected chi connectivity index (χ4v) is 3.27. The Morgan fingerprint density at radius 3 is 2.24 bits per heavy atom. The van der Waals surface area contributed by atoms with E-state index in [0.717, 1.165) is 12.1 Å². The van der Waals surface area contributed by atoms with Crippen molar-refractivity contribution in [2.75, 3.05) is 29.5 Å². The first-order valence-corrected chi connectivity index (χ1v) is 7.73. The molecule has 0 bridgehead atoms. The number of alkyl halides is 3. The molecule has 0 aromatic heterocycles. The Morgan fingerprint density at radius 2 is 1.76 bits per heavy atom. The van der Waals surface area contributed by atoms with Gasteiger partial charge in [0.1, 0.15) is 5.69 Å². The molecule has 0 unspecified atom stereocenters. The maximum atomic E-state index is 12.6. The summed E-state index contributed by atoms with van der Waals surface area (Å²) in [5.74, 6) is -0.351. The Kier molecular flexibility index (Phi) is 3.83. The highest BCUT2D eigenvalue weighted by molar-refractivity contribution is 7.91. The lowest BCUT2D eigenvalue weighted by atomic mass is 10.1. The predicted molar refractivity (Wildman–Crippen MR) is 69.0 cm³/mol. The smallest absolute Gasteiger partial charge is 0.364 e. The molecule has 10 heteroatoms. The molecule has 116 valence electrons. The molecule has 1 aliphatic rings. The number of nitro groups is 1. The van der Waals surface area contributed by atoms with Crippen LogP contribution in [0.15, 0.2) is 18.2 Å². The van der Waals surface area contributed by atoms with E-state index in [0.29, 0.717) is 6.07 Å². The summed E-state index contributed by atoms with van der Waals surface area (Å²) in [6.07, 6.45) is -4.67. The van der Waals surface area contributed by atoms with Crippen molar-refractivity contribution in [3.63, 3.8) is 0 Å². The third kappa shape index (κ3) is 3.43. The van der Waals surface area contributed by atoms with Crippen LogP contribution in [-0.4, -0.2) is 37.9 Å². The van der Waals surface area contributed by atoms with Gasteiger partial charge in [-0.25, -0.2) is 8.42 Å². The number of nitrogens with zero attached hydrogens (tertiary/aromatic N) is 2. The first-order chi connectivity index (χ1) is 9.60. The molecule has 21 heavy (non-hydrogen) atoms. The lowest BCUT2D eigenvalue weighted by molar-refractivity contribution is -0.384. The Morgan fingerprint density at radius 1 is 1.19 bits per heavy atom. The zero-order chi connectivity index (χ0) is 15.8. The maximum absolute atomic E-state index is 12.6. The number of sulfone groups is 1. The van der Waals surface area contributed by atoms with Gasteiger partial charge < -0.3 is 4.90 Å². The van der Waals surface area contributed by atoms with Gasteiger partial charge in [0.25, 0.3) is 5.69 Å². The van der Waals surface area contributed by atoms with Crippen molar-refractivity contribution in [3.8, 4) is 0 Å². The molecule has 1 aromatic carbocycles. The van der Waals surface area contributed by atoms with Crippen molar-refractivity contribution in [1.82, 2.24) is 0 Å². The molecule has 1 saturated heterocycles. The fourth-order valence-electron chi connectivity index (χ4n) is 2.07. The maximum Gasteiger partial charge on any atom is 0.416 e. The van der Waals surface area contributed by atoms with Gasteiger partial charge in [0.15, 0.2) is 9.84 Å². The molecule has 0 aliphatic carbocycles. The van der Waals surface area contributed by atoms with Gasteiger partial charge in [0.2, 0.25) is 0 Å². The van der Waals surface area contributed by atoms with Crippen molar-refractivity contribution in [3.05, 3.63) is 33.9 Å². The van der Waals surface area contributed by atoms with Crippen LogP contribution in [0.25, 0.3) is 0 Å². The zero-order valence-electron chi connectivity index (χ0n) is 10.6. The molecule has 1 fully saturated rings. The fraction of sp³-hybridized carbons (Fsp3) is 0.455. The second-order valence-corrected chi connectivity index (χ2v) is 6.90. The molecule has 0 saturated carbocycles. The Hall–Kier alpha value is -1.84. The third-order valence-electron chi connectivity index (χ3n) is 3.18. The van der Waals surface area contributed by atoms with Crippen molar-refractivity contribution in [2.24, 2.45) is 0 Å². The van der Waals surface area contributed by atoms with E-state index in [2.05, 4.69) is 0 Å². The van der Waals surface area contributed by atoms with Crippen molar-refractivity contribution in [2.45, 2.75) is 6.18 Å². The molecule has 1 aliphatic heterocycles. The second kappa shape index (κ2) is 5.17. The number of anilines is 1. The van der Waals surface area contributed by atoms with Gasteiger partial charge in [-0.3, -0.25) is 10.1 Å². The minimum Gasteiger partial charge on any atom is -0.364 e. The molecule has 0 spiro atoms. The van der Waals surface area contributed by atoms with E-state index in [1.165, 1.54) is 4.90 Å². The van der Waals surface area contributed by atoms with Crippen LogP contribution in [0, 0.1) is 10.1 Å². The van der Waals surface area contributed by atoms with Gasteiger partial charge in [-0.2, -0.15) is 13.2 Å². The van der Waals surface area contributed by atoms with Gasteiger partial charge in [-0.1, -0.05) is 0 Å². The number of nitro benzene ring substituents is 1. The van der Waals surface area contributed by atoms with Crippen LogP contribution in [0.4, 0.5) is 24.5 Å². The molecule has 1 heterocycles. The van der Waals surface area contributed by atoms with Crippen LogP contribution >= 0.6 is 0 Å². The number of hydrogen-bond acceptors (Lipinski definition) is 5. The molecule has 2 rings (SSSR count). The van der Waals surface area contributed by atoms with Gasteiger partial charge in [-0.05, 0) is 12.1 Å². The second-order valence-electron chi connectivity index (χ2n) is 4.60. The normalized spacial score (nSPS) is 18.5. The summed E-state index contributed by atoms with van der Waals surface area (Å²) in [4.78, 5) is 11.5. The first kappa shape index (κ1) is 15.5. The highest BCUT2D eigenvalue weighted by Gasteiger charge is 2.34. The van der Waals surface area contributed by atoms with Crippen LogP contribution in [0.1, 0.15) is 5.56 Å². The van der Waals surface area contributed by atoms with E-state index >= 15 is 0 Å². The zero-order valence-corrected chi connectivity index (χ0v) is 11.4. The average Bonchev–Trinajstić information content (AvgIpc) is 2.37. The van der Waals surface area contributed by atoms with Crippen LogP contribution in [0.5, 0.6) is 0 Å². The highest BCUT2D eigenvalue weighted by atomic mass is 32.2. The standard InChI is InChI=1S/C11H11F3N2O4S/c12-11(13,14)8-1-2-9(10(7-8)16(17)18)15-3-5-21(19,20)6-4-15/h1-2,7H,3-6H2. The highest BCUT2D eigenvalue weighted by Crippen LogP contribution is 2.36. The molecular formula is C11H11F3N2O4S. The van der Waals surface area contributed by atoms with Gasteiger partial charge in [-0.15, -0.1) is 0 Å². The molecule has 6 nitrogen and oxygen atoms in total. The van der Waals surface area contributed by atoms with Crippen molar-refractivity contribution >= 4 is 21.2 Å². The molecule has 0 N–H and O–H groups in total. The SMILES string of the molecule is O=[N+]([O-])c1cc(C(F)(F)F)ccc1N1CCS(=O)(=O)CC1. The molecule has 1 aromatic rings. The van der Waals surface area contributed by atoms with E-state index < -0.39 is 32.2 Å². The van der Waals surface area contributed by atoms with Gasteiger partial charge >= 0.3 is 6.18 Å². The summed E-state index contributed by atoms with van der Waals surface area (Å²) < 4.78 is 60.4. The quantitative estimate of drug-likeness (QED) is 0.612. The Bertz CT molecular complexity index is 659. The molecule has 0 radical (unpaired) electrons. The van der Waals surface area contributed by atoms with E-state index in [4.69, 9.17) is 0 Å². The summed E-state index contributed by atoms with van der Waals surface area (Å²) in [5.41, 5.74) is -1.78. The monoisotopic (exact) mass is 324 g/mol. The lowest BCUT2D eigenvalue weighted by Gasteiger charge is -2.28. The van der Waals surface area contributed by atoms with E-state index in [-0.39, 0.29) is 30.3 Å². The Balaban J connectivity index is 2.38. The van der Waals surface area contributed by atoms with Gasteiger partial charge in [0.05, 0.1) is 22.0 Å². The van der Waals surface area contributed by atoms with E-state index in [9.17, 15) is 31.7 Å². The summed E-state index contributed by atoms with van der Waals surface area (Å²) >= 11 is 0. The topological polar surface area (TPSA) is 80.5 Å². The van der Waals surface area contributed by atoms with Crippen molar-refractivity contribution < 1.29 is 26.5 Å². The molecule has 0 atom stereocenters. The summed E-state index contributed by atoms with van der Waals surface area (Å²) in [5, 5.41) is 11.0. The van der Waals surface area contributed by atoms with Crippen LogP contribution in [0.3, 0.4) is 0 Å². The van der Waals surface area contributed by atoms with E-state index in [1.54, 1.807) is 0 Å². The predicted octanol–water partition coefficient (Wildman–Crippen LogP) is 1.85. The minimum atomic E-state index is -4.67. The number of benzene rings is 1. The minimum absolute atomic E-state index is 0.00269. The number of hydrogen-bond donors (Lipinski definition) is 0. The lowest BCUT2D eigenvalue weighted by Crippen LogP contribution is -2.40. The van der Waals surface area contributed by atoms with Gasteiger partial charge in [0, 0.05) is 19.2 Å². The molecule has 0 amide bonds. The first-order valence-electron chi connectivity index (χ1n) is 5.91. The summed E-state index contributed by atoms with van der Waals surface area (Å²) in [6.45, 7) is 0.0447. The van der Waals surface area contributed by atoms with Crippen LogP contribution in [0.2, 0.25) is 0 Å². The average molecular weight is 324 g/mol. The van der Waals surface area contributed by atoms with E-state index in [1.807, 2.05) is 0 Å². The number of halogens is 3. The summed E-state index contributed by atoms with van der Waals surface area (Å²) in [7, 11) is -3.18. The Labute approximate surface area is 118 Å². The number of rotatable bonds is 2. The van der Waals surface area contributed by atoms with Crippen LogP contribution < -0.4 is 4.90 Å². The molecular weight excluding hydrogens is 313 g/mol. The third-order valence-corrected chi connectivity index (χ3v) is 4.79. The van der Waals surface area contributed by atoms with Crippen LogP contribution in [-0.2, 0) is 16.0 Å². The van der Waals surface area contributed by atoms with Crippen molar-refractivity contribution in [1.29, 1.82) is 0 Å². The summed E-state index contributed by atoms with van der Waals surface area (Å²) in [6, 6.07) is 2.24. The largest absolute Gasteiger partial charge is 0.416 e.